The lowest BCUT2D eigenvalue weighted by Crippen LogP contribution is -2.18. The molecule has 0 aliphatic rings. The van der Waals surface area contributed by atoms with E-state index in [1.807, 2.05) is 5.51 Å². The van der Waals surface area contributed by atoms with E-state index in [2.05, 4.69) is 52.6 Å². The molecule has 2 aromatic heterocycles. The molecule has 2 aromatic rings. The number of nitrogens with zero attached hydrogens (tertiary/aromatic N) is 2. The van der Waals surface area contributed by atoms with Crippen LogP contribution < -0.4 is 5.32 Å². The summed E-state index contributed by atoms with van der Waals surface area (Å²) in [6.07, 6.45) is 4.30. The van der Waals surface area contributed by atoms with Crippen LogP contribution in [0.1, 0.15) is 25.1 Å². The van der Waals surface area contributed by atoms with Crippen molar-refractivity contribution >= 4 is 11.3 Å². The van der Waals surface area contributed by atoms with Crippen molar-refractivity contribution in [1.82, 2.24) is 14.9 Å². The maximum Gasteiger partial charge on any atom is 0.0795 e. The summed E-state index contributed by atoms with van der Waals surface area (Å²) < 4.78 is 2.18. The highest BCUT2D eigenvalue weighted by atomic mass is 32.1. The van der Waals surface area contributed by atoms with Crippen molar-refractivity contribution in [2.45, 2.75) is 26.9 Å². The highest BCUT2D eigenvalue weighted by molar-refractivity contribution is 7.07. The Labute approximate surface area is 107 Å². The van der Waals surface area contributed by atoms with E-state index in [-0.39, 0.29) is 0 Å². The van der Waals surface area contributed by atoms with E-state index in [1.54, 1.807) is 11.3 Å². The van der Waals surface area contributed by atoms with E-state index in [1.165, 1.54) is 5.56 Å². The molecule has 17 heavy (non-hydrogen) atoms. The summed E-state index contributed by atoms with van der Waals surface area (Å²) in [6, 6.07) is 2.17. The minimum absolute atomic E-state index is 0.701. The van der Waals surface area contributed by atoms with Gasteiger partial charge in [0.05, 0.1) is 17.7 Å². The van der Waals surface area contributed by atoms with Gasteiger partial charge in [0.25, 0.3) is 0 Å². The summed E-state index contributed by atoms with van der Waals surface area (Å²) in [5.41, 5.74) is 4.34. The van der Waals surface area contributed by atoms with E-state index in [4.69, 9.17) is 0 Å². The Morgan fingerprint density at radius 3 is 3.06 bits per heavy atom. The standard InChI is InChI=1S/C13H19N3S/c1-11(2)5-14-6-12-3-4-16(7-12)8-13-9-17-10-15-13/h3-4,7,9-11,14H,5-6,8H2,1-2H3. The van der Waals surface area contributed by atoms with Gasteiger partial charge in [0, 0.05) is 24.3 Å². The normalized spacial score (nSPS) is 11.2. The van der Waals surface area contributed by atoms with Crippen LogP contribution in [0.5, 0.6) is 0 Å². The van der Waals surface area contributed by atoms with Gasteiger partial charge in [0.1, 0.15) is 0 Å². The first kappa shape index (κ1) is 12.3. The van der Waals surface area contributed by atoms with Gasteiger partial charge in [-0.05, 0) is 24.1 Å². The van der Waals surface area contributed by atoms with Gasteiger partial charge in [-0.15, -0.1) is 11.3 Å². The quantitative estimate of drug-likeness (QED) is 0.853. The average molecular weight is 249 g/mol. The molecule has 2 rings (SSSR count). The molecule has 4 heteroatoms. The van der Waals surface area contributed by atoms with Gasteiger partial charge in [-0.3, -0.25) is 0 Å². The zero-order valence-electron chi connectivity index (χ0n) is 10.4. The van der Waals surface area contributed by atoms with Crippen molar-refractivity contribution in [2.24, 2.45) is 5.92 Å². The second-order valence-electron chi connectivity index (χ2n) is 4.70. The second kappa shape index (κ2) is 5.98. The molecule has 0 aliphatic carbocycles. The maximum atomic E-state index is 4.29. The fourth-order valence-corrected chi connectivity index (χ4v) is 2.25. The SMILES string of the molecule is CC(C)CNCc1ccn(Cc2cscn2)c1. The fraction of sp³-hybridized carbons (Fsp3) is 0.462. The third kappa shape index (κ3) is 3.98. The molecule has 92 valence electrons. The monoisotopic (exact) mass is 249 g/mol. The van der Waals surface area contributed by atoms with Crippen molar-refractivity contribution in [1.29, 1.82) is 0 Å². The van der Waals surface area contributed by atoms with Gasteiger partial charge in [0.2, 0.25) is 0 Å². The topological polar surface area (TPSA) is 29.9 Å². The van der Waals surface area contributed by atoms with Crippen LogP contribution >= 0.6 is 11.3 Å². The van der Waals surface area contributed by atoms with E-state index < -0.39 is 0 Å². The summed E-state index contributed by atoms with van der Waals surface area (Å²) >= 11 is 1.65. The Kier molecular flexibility index (Phi) is 4.34. The Bertz CT molecular complexity index is 431. The van der Waals surface area contributed by atoms with Crippen LogP contribution in [0.2, 0.25) is 0 Å². The molecule has 0 unspecified atom stereocenters. The molecule has 0 saturated heterocycles. The summed E-state index contributed by atoms with van der Waals surface area (Å²) in [5, 5.41) is 5.54. The molecular formula is C13H19N3S. The van der Waals surface area contributed by atoms with Gasteiger partial charge >= 0.3 is 0 Å². The van der Waals surface area contributed by atoms with Crippen molar-refractivity contribution < 1.29 is 0 Å². The van der Waals surface area contributed by atoms with Crippen LogP contribution in [0.3, 0.4) is 0 Å². The van der Waals surface area contributed by atoms with Crippen LogP contribution in [0.15, 0.2) is 29.4 Å². The summed E-state index contributed by atoms with van der Waals surface area (Å²) in [7, 11) is 0. The zero-order valence-corrected chi connectivity index (χ0v) is 11.2. The van der Waals surface area contributed by atoms with E-state index in [0.717, 1.165) is 25.3 Å². The lowest BCUT2D eigenvalue weighted by molar-refractivity contribution is 0.552. The summed E-state index contributed by atoms with van der Waals surface area (Å²) in [4.78, 5) is 4.29. The molecule has 0 aliphatic heterocycles. The van der Waals surface area contributed by atoms with Crippen LogP contribution in [0.25, 0.3) is 0 Å². The lowest BCUT2D eigenvalue weighted by atomic mass is 10.2. The Balaban J connectivity index is 1.83. The molecule has 0 radical (unpaired) electrons. The smallest absolute Gasteiger partial charge is 0.0795 e. The van der Waals surface area contributed by atoms with E-state index in [0.29, 0.717) is 5.92 Å². The first-order valence-corrected chi connectivity index (χ1v) is 6.91. The number of thiazole rings is 1. The zero-order chi connectivity index (χ0) is 12.1. The van der Waals surface area contributed by atoms with Gasteiger partial charge in [-0.25, -0.2) is 4.98 Å². The predicted molar refractivity (Wildman–Crippen MR) is 72.2 cm³/mol. The Hall–Kier alpha value is -1.13. The third-order valence-electron chi connectivity index (χ3n) is 2.52. The number of rotatable bonds is 6. The molecular weight excluding hydrogens is 230 g/mol. The van der Waals surface area contributed by atoms with Gasteiger partial charge in [-0.1, -0.05) is 13.8 Å². The van der Waals surface area contributed by atoms with Crippen molar-refractivity contribution in [2.75, 3.05) is 6.54 Å². The molecule has 0 bridgehead atoms. The second-order valence-corrected chi connectivity index (χ2v) is 5.42. The van der Waals surface area contributed by atoms with Crippen LogP contribution in [0.4, 0.5) is 0 Å². The molecule has 3 nitrogen and oxygen atoms in total. The van der Waals surface area contributed by atoms with Gasteiger partial charge in [-0.2, -0.15) is 0 Å². The number of hydrogen-bond donors (Lipinski definition) is 1. The first-order valence-electron chi connectivity index (χ1n) is 5.96. The Morgan fingerprint density at radius 1 is 1.47 bits per heavy atom. The van der Waals surface area contributed by atoms with E-state index >= 15 is 0 Å². The molecule has 0 amide bonds. The molecule has 1 N–H and O–H groups in total. The number of aromatic nitrogens is 2. The Morgan fingerprint density at radius 2 is 2.35 bits per heavy atom. The summed E-state index contributed by atoms with van der Waals surface area (Å²) in [5.74, 6) is 0.701. The van der Waals surface area contributed by atoms with Crippen molar-refractivity contribution in [3.05, 3.63) is 40.6 Å². The predicted octanol–water partition coefficient (Wildman–Crippen LogP) is 2.74. The van der Waals surface area contributed by atoms with Crippen LogP contribution in [-0.4, -0.2) is 16.1 Å². The summed E-state index contributed by atoms with van der Waals surface area (Å²) in [6.45, 7) is 7.33. The molecule has 0 atom stereocenters. The maximum absolute atomic E-state index is 4.29. The molecule has 0 saturated carbocycles. The number of nitrogens with one attached hydrogen (secondary N) is 1. The lowest BCUT2D eigenvalue weighted by Gasteiger charge is -2.05. The highest BCUT2D eigenvalue weighted by Gasteiger charge is 2.00. The van der Waals surface area contributed by atoms with Crippen molar-refractivity contribution in [3.8, 4) is 0 Å². The van der Waals surface area contributed by atoms with Gasteiger partial charge in [0.15, 0.2) is 0 Å². The number of hydrogen-bond acceptors (Lipinski definition) is 3. The molecule has 0 fully saturated rings. The minimum atomic E-state index is 0.701. The van der Waals surface area contributed by atoms with Gasteiger partial charge < -0.3 is 9.88 Å². The average Bonchev–Trinajstić information content (AvgIpc) is 2.90. The largest absolute Gasteiger partial charge is 0.348 e. The van der Waals surface area contributed by atoms with Crippen LogP contribution in [0, 0.1) is 5.92 Å². The highest BCUT2D eigenvalue weighted by Crippen LogP contribution is 2.07. The third-order valence-corrected chi connectivity index (χ3v) is 3.16. The fourth-order valence-electron chi connectivity index (χ4n) is 1.70. The minimum Gasteiger partial charge on any atom is -0.348 e. The van der Waals surface area contributed by atoms with E-state index in [9.17, 15) is 0 Å². The van der Waals surface area contributed by atoms with Crippen molar-refractivity contribution in [3.63, 3.8) is 0 Å². The molecule has 0 spiro atoms. The molecule has 2 heterocycles. The molecule has 0 aromatic carbocycles. The first-order chi connectivity index (χ1) is 8.24. The van der Waals surface area contributed by atoms with Crippen LogP contribution in [-0.2, 0) is 13.1 Å².